The van der Waals surface area contributed by atoms with E-state index in [1.165, 1.54) is 11.3 Å². The molecule has 1 amide bonds. The Balaban J connectivity index is 1.95. The number of thiophene rings is 1. The van der Waals surface area contributed by atoms with Crippen molar-refractivity contribution in [3.8, 4) is 0 Å². The van der Waals surface area contributed by atoms with Crippen LogP contribution in [0, 0.1) is 11.6 Å². The number of hydrogen-bond acceptors (Lipinski definition) is 4. The van der Waals surface area contributed by atoms with E-state index in [1.807, 2.05) is 0 Å². The van der Waals surface area contributed by atoms with Crippen LogP contribution in [0.5, 0.6) is 0 Å². The van der Waals surface area contributed by atoms with Crippen molar-refractivity contribution in [1.82, 2.24) is 0 Å². The first-order valence-electron chi connectivity index (χ1n) is 8.48. The first-order valence-corrected chi connectivity index (χ1v) is 9.29. The molecule has 2 aromatic rings. The summed E-state index contributed by atoms with van der Waals surface area (Å²) in [5, 5.41) is 3.01. The first-order chi connectivity index (χ1) is 12.3. The second-order valence-electron chi connectivity index (χ2n) is 6.48. The van der Waals surface area contributed by atoms with E-state index in [-0.39, 0.29) is 11.7 Å². The predicted molar refractivity (Wildman–Crippen MR) is 95.8 cm³/mol. The minimum atomic E-state index is -0.833. The standard InChI is InChI=1S/C19H19F2NO3S/c1-10(2)25-19(24)16-14-5-3-4-6-15(14)26-18(16)22-17(23)11-7-12(20)9-13(21)8-11/h7-10H,3-6H2,1-2H3,(H,22,23). The molecule has 0 bridgehead atoms. The predicted octanol–water partition coefficient (Wildman–Crippen LogP) is 4.72. The zero-order chi connectivity index (χ0) is 18.8. The summed E-state index contributed by atoms with van der Waals surface area (Å²) in [6.45, 7) is 3.51. The molecule has 0 atom stereocenters. The van der Waals surface area contributed by atoms with Gasteiger partial charge in [-0.3, -0.25) is 4.79 Å². The number of fused-ring (bicyclic) bond motifs is 1. The van der Waals surface area contributed by atoms with Crippen LogP contribution in [0.15, 0.2) is 18.2 Å². The van der Waals surface area contributed by atoms with E-state index in [1.54, 1.807) is 13.8 Å². The Bertz CT molecular complexity index is 840. The fourth-order valence-corrected chi connectivity index (χ4v) is 4.28. The van der Waals surface area contributed by atoms with Crippen molar-refractivity contribution in [3.63, 3.8) is 0 Å². The molecule has 1 aromatic carbocycles. The van der Waals surface area contributed by atoms with Crippen molar-refractivity contribution in [3.05, 3.63) is 51.4 Å². The molecule has 3 rings (SSSR count). The maximum atomic E-state index is 13.4. The first kappa shape index (κ1) is 18.5. The van der Waals surface area contributed by atoms with Gasteiger partial charge in [0.15, 0.2) is 0 Å². The molecule has 1 aromatic heterocycles. The summed E-state index contributed by atoms with van der Waals surface area (Å²) in [6.07, 6.45) is 3.29. The van der Waals surface area contributed by atoms with E-state index in [9.17, 15) is 18.4 Å². The molecule has 1 aliphatic rings. The van der Waals surface area contributed by atoms with E-state index in [4.69, 9.17) is 4.74 Å². The molecular formula is C19H19F2NO3S. The van der Waals surface area contributed by atoms with Crippen LogP contribution in [0.2, 0.25) is 0 Å². The summed E-state index contributed by atoms with van der Waals surface area (Å²) in [6, 6.07) is 2.61. The summed E-state index contributed by atoms with van der Waals surface area (Å²) in [4.78, 5) is 26.0. The van der Waals surface area contributed by atoms with Crippen molar-refractivity contribution in [1.29, 1.82) is 0 Å². The van der Waals surface area contributed by atoms with Gasteiger partial charge in [-0.2, -0.15) is 0 Å². The molecule has 4 nitrogen and oxygen atoms in total. The molecule has 7 heteroatoms. The number of anilines is 1. The summed E-state index contributed by atoms with van der Waals surface area (Å²) in [7, 11) is 0. The zero-order valence-corrected chi connectivity index (χ0v) is 15.3. The van der Waals surface area contributed by atoms with Gasteiger partial charge in [-0.1, -0.05) is 0 Å². The Hall–Kier alpha value is -2.28. The van der Waals surface area contributed by atoms with Crippen LogP contribution < -0.4 is 5.32 Å². The monoisotopic (exact) mass is 379 g/mol. The van der Waals surface area contributed by atoms with Crippen LogP contribution in [0.25, 0.3) is 0 Å². The molecule has 0 fully saturated rings. The third-order valence-electron chi connectivity index (χ3n) is 4.07. The highest BCUT2D eigenvalue weighted by Crippen LogP contribution is 2.39. The molecule has 1 N–H and O–H groups in total. The van der Waals surface area contributed by atoms with Crippen LogP contribution in [0.3, 0.4) is 0 Å². The number of nitrogens with one attached hydrogen (secondary N) is 1. The lowest BCUT2D eigenvalue weighted by Crippen LogP contribution is -2.18. The molecule has 0 aliphatic heterocycles. The number of amides is 1. The molecule has 0 spiro atoms. The van der Waals surface area contributed by atoms with Gasteiger partial charge in [-0.15, -0.1) is 11.3 Å². The summed E-state index contributed by atoms with van der Waals surface area (Å²) in [5.41, 5.74) is 1.13. The number of ether oxygens (including phenoxy) is 1. The van der Waals surface area contributed by atoms with E-state index in [0.717, 1.165) is 48.3 Å². The molecule has 138 valence electrons. The minimum absolute atomic E-state index is 0.142. The van der Waals surface area contributed by atoms with Crippen molar-refractivity contribution in [2.75, 3.05) is 5.32 Å². The SMILES string of the molecule is CC(C)OC(=O)c1c(NC(=O)c2cc(F)cc(F)c2)sc2c1CCCC2. The van der Waals surface area contributed by atoms with Crippen molar-refractivity contribution >= 4 is 28.2 Å². The molecule has 26 heavy (non-hydrogen) atoms. The van der Waals surface area contributed by atoms with Gasteiger partial charge in [-0.25, -0.2) is 13.6 Å². The van der Waals surface area contributed by atoms with Crippen molar-refractivity contribution in [2.24, 2.45) is 0 Å². The average Bonchev–Trinajstić information content (AvgIpc) is 2.91. The zero-order valence-electron chi connectivity index (χ0n) is 14.5. The van der Waals surface area contributed by atoms with Crippen LogP contribution in [0.4, 0.5) is 13.8 Å². The number of esters is 1. The lowest BCUT2D eigenvalue weighted by Gasteiger charge is -2.14. The fourth-order valence-electron chi connectivity index (χ4n) is 3.00. The number of aryl methyl sites for hydroxylation is 1. The Labute approximate surface area is 154 Å². The van der Waals surface area contributed by atoms with Gasteiger partial charge >= 0.3 is 5.97 Å². The van der Waals surface area contributed by atoms with Gasteiger partial charge < -0.3 is 10.1 Å². The van der Waals surface area contributed by atoms with E-state index < -0.39 is 23.5 Å². The van der Waals surface area contributed by atoms with Gasteiger partial charge in [0.2, 0.25) is 0 Å². The highest BCUT2D eigenvalue weighted by molar-refractivity contribution is 7.17. The van der Waals surface area contributed by atoms with Gasteiger partial charge in [0.05, 0.1) is 11.7 Å². The van der Waals surface area contributed by atoms with Gasteiger partial charge in [0, 0.05) is 16.5 Å². The van der Waals surface area contributed by atoms with Crippen molar-refractivity contribution in [2.45, 2.75) is 45.6 Å². The van der Waals surface area contributed by atoms with Crippen LogP contribution in [-0.4, -0.2) is 18.0 Å². The molecule has 0 saturated carbocycles. The molecular weight excluding hydrogens is 360 g/mol. The van der Waals surface area contributed by atoms with E-state index >= 15 is 0 Å². The number of halogens is 2. The van der Waals surface area contributed by atoms with Gasteiger partial charge in [0.25, 0.3) is 5.91 Å². The third kappa shape index (κ3) is 3.93. The highest BCUT2D eigenvalue weighted by Gasteiger charge is 2.28. The van der Waals surface area contributed by atoms with E-state index in [2.05, 4.69) is 5.32 Å². The summed E-state index contributed by atoms with van der Waals surface area (Å²) >= 11 is 1.33. The smallest absolute Gasteiger partial charge is 0.341 e. The minimum Gasteiger partial charge on any atom is -0.459 e. The quantitative estimate of drug-likeness (QED) is 0.782. The molecule has 1 heterocycles. The normalized spacial score (nSPS) is 13.4. The Morgan fingerprint density at radius 1 is 1.12 bits per heavy atom. The summed E-state index contributed by atoms with van der Waals surface area (Å²) in [5.74, 6) is -2.82. The van der Waals surface area contributed by atoms with Crippen LogP contribution in [-0.2, 0) is 17.6 Å². The second-order valence-corrected chi connectivity index (χ2v) is 7.59. The van der Waals surface area contributed by atoms with Gasteiger partial charge in [-0.05, 0) is 57.2 Å². The number of carbonyl (C=O) groups is 2. The number of hydrogen-bond donors (Lipinski definition) is 1. The van der Waals surface area contributed by atoms with Gasteiger partial charge in [0.1, 0.15) is 16.6 Å². The van der Waals surface area contributed by atoms with Crippen LogP contribution in [0.1, 0.15) is 57.8 Å². The lowest BCUT2D eigenvalue weighted by molar-refractivity contribution is 0.0378. The Morgan fingerprint density at radius 3 is 2.42 bits per heavy atom. The summed E-state index contributed by atoms with van der Waals surface area (Å²) < 4.78 is 32.1. The maximum Gasteiger partial charge on any atom is 0.341 e. The lowest BCUT2D eigenvalue weighted by atomic mass is 9.95. The van der Waals surface area contributed by atoms with E-state index in [0.29, 0.717) is 16.6 Å². The number of rotatable bonds is 4. The highest BCUT2D eigenvalue weighted by atomic mass is 32.1. The van der Waals surface area contributed by atoms with Crippen LogP contribution >= 0.6 is 11.3 Å². The molecule has 0 radical (unpaired) electrons. The second kappa shape index (κ2) is 7.53. The number of carbonyl (C=O) groups excluding carboxylic acids is 2. The Kier molecular flexibility index (Phi) is 5.36. The molecule has 0 unspecified atom stereocenters. The van der Waals surface area contributed by atoms with Crippen molar-refractivity contribution < 1.29 is 23.1 Å². The largest absolute Gasteiger partial charge is 0.459 e. The maximum absolute atomic E-state index is 13.4. The Morgan fingerprint density at radius 2 is 1.77 bits per heavy atom. The number of benzene rings is 1. The molecule has 1 aliphatic carbocycles. The third-order valence-corrected chi connectivity index (χ3v) is 5.28. The fraction of sp³-hybridized carbons (Fsp3) is 0.368. The average molecular weight is 379 g/mol. The topological polar surface area (TPSA) is 55.4 Å². The molecule has 0 saturated heterocycles.